The van der Waals surface area contributed by atoms with Crippen LogP contribution in [0.25, 0.3) is 0 Å². The van der Waals surface area contributed by atoms with E-state index in [0.29, 0.717) is 0 Å². The summed E-state index contributed by atoms with van der Waals surface area (Å²) < 4.78 is 0. The molecule has 0 spiro atoms. The molecule has 0 N–H and O–H groups in total. The van der Waals surface area contributed by atoms with Crippen molar-refractivity contribution in [3.05, 3.63) is 0 Å². The first kappa shape index (κ1) is 11.0. The molecule has 1 rings (SSSR count). The zero-order valence-corrected chi connectivity index (χ0v) is 9.39. The van der Waals surface area contributed by atoms with Crippen molar-refractivity contribution in [3.8, 4) is 0 Å². The summed E-state index contributed by atoms with van der Waals surface area (Å²) in [7, 11) is 0. The predicted molar refractivity (Wildman–Crippen MR) is 59.0 cm³/mol. The molecule has 1 nitrogen and oxygen atoms in total. The first-order valence-electron chi connectivity index (χ1n) is 6.12. The summed E-state index contributed by atoms with van der Waals surface area (Å²) in [5, 5.41) is 0. The molecule has 0 radical (unpaired) electrons. The fourth-order valence-electron chi connectivity index (χ4n) is 2.39. The summed E-state index contributed by atoms with van der Waals surface area (Å²) in [5.41, 5.74) is 0. The van der Waals surface area contributed by atoms with Gasteiger partial charge in [-0.1, -0.05) is 33.1 Å². The topological polar surface area (TPSA) is 3.24 Å². The minimum Gasteiger partial charge on any atom is -0.300 e. The van der Waals surface area contributed by atoms with Crippen LogP contribution in [0.4, 0.5) is 0 Å². The normalized spacial score (nSPS) is 20.8. The zero-order valence-electron chi connectivity index (χ0n) is 9.39. The van der Waals surface area contributed by atoms with Crippen molar-refractivity contribution in [2.45, 2.75) is 64.8 Å². The Labute approximate surface area is 83.5 Å². The molecule has 78 valence electrons. The van der Waals surface area contributed by atoms with Crippen LogP contribution in [0.15, 0.2) is 0 Å². The Kier molecular flexibility index (Phi) is 5.45. The third kappa shape index (κ3) is 3.68. The molecule has 0 aromatic carbocycles. The predicted octanol–water partition coefficient (Wildman–Crippen LogP) is 3.44. The van der Waals surface area contributed by atoms with Gasteiger partial charge in [-0.3, -0.25) is 0 Å². The van der Waals surface area contributed by atoms with E-state index >= 15 is 0 Å². The van der Waals surface area contributed by atoms with E-state index in [-0.39, 0.29) is 0 Å². The van der Waals surface area contributed by atoms with Crippen LogP contribution in [0.1, 0.15) is 58.8 Å². The maximum absolute atomic E-state index is 2.72. The monoisotopic (exact) mass is 183 g/mol. The minimum absolute atomic E-state index is 0.910. The Hall–Kier alpha value is -0.0400. The number of hydrogen-bond acceptors (Lipinski definition) is 1. The molecule has 1 fully saturated rings. The van der Waals surface area contributed by atoms with Gasteiger partial charge in [-0.05, 0) is 38.8 Å². The third-order valence-corrected chi connectivity index (χ3v) is 3.17. The standard InChI is InChI=1S/C12H25N/c1-3-5-9-12(8-4-2)13-10-6-7-11-13/h12H,3-11H2,1-2H3. The van der Waals surface area contributed by atoms with Crippen molar-refractivity contribution in [3.63, 3.8) is 0 Å². The van der Waals surface area contributed by atoms with E-state index in [0.717, 1.165) is 6.04 Å². The van der Waals surface area contributed by atoms with Gasteiger partial charge >= 0.3 is 0 Å². The number of unbranched alkanes of at least 4 members (excludes halogenated alkanes) is 1. The van der Waals surface area contributed by atoms with Crippen LogP contribution in [-0.4, -0.2) is 24.0 Å². The number of nitrogens with zero attached hydrogens (tertiary/aromatic N) is 1. The third-order valence-electron chi connectivity index (χ3n) is 3.17. The number of rotatable bonds is 6. The van der Waals surface area contributed by atoms with Crippen molar-refractivity contribution in [2.24, 2.45) is 0 Å². The van der Waals surface area contributed by atoms with E-state index in [4.69, 9.17) is 0 Å². The van der Waals surface area contributed by atoms with Crippen LogP contribution in [-0.2, 0) is 0 Å². The van der Waals surface area contributed by atoms with Gasteiger partial charge in [0.05, 0.1) is 0 Å². The highest BCUT2D eigenvalue weighted by molar-refractivity contribution is 4.75. The molecule has 0 aromatic heterocycles. The van der Waals surface area contributed by atoms with Crippen LogP contribution in [0.5, 0.6) is 0 Å². The Morgan fingerprint density at radius 1 is 1.00 bits per heavy atom. The Bertz CT molecular complexity index is 116. The Morgan fingerprint density at radius 2 is 1.69 bits per heavy atom. The summed E-state index contributed by atoms with van der Waals surface area (Å²) in [5.74, 6) is 0. The van der Waals surface area contributed by atoms with Gasteiger partial charge in [0.15, 0.2) is 0 Å². The van der Waals surface area contributed by atoms with Crippen LogP contribution < -0.4 is 0 Å². The Balaban J connectivity index is 2.26. The molecular weight excluding hydrogens is 158 g/mol. The second kappa shape index (κ2) is 6.42. The minimum atomic E-state index is 0.910. The van der Waals surface area contributed by atoms with Crippen molar-refractivity contribution < 1.29 is 0 Å². The largest absolute Gasteiger partial charge is 0.300 e. The second-order valence-electron chi connectivity index (χ2n) is 4.33. The molecule has 0 aliphatic carbocycles. The van der Waals surface area contributed by atoms with Gasteiger partial charge in [-0.2, -0.15) is 0 Å². The highest BCUT2D eigenvalue weighted by Crippen LogP contribution is 2.19. The van der Waals surface area contributed by atoms with E-state index in [1.165, 1.54) is 58.0 Å². The molecule has 0 amide bonds. The molecule has 0 aromatic rings. The molecule has 1 heterocycles. The maximum Gasteiger partial charge on any atom is 0.00951 e. The van der Waals surface area contributed by atoms with Gasteiger partial charge in [-0.15, -0.1) is 0 Å². The van der Waals surface area contributed by atoms with Crippen LogP contribution in [0.2, 0.25) is 0 Å². The summed E-state index contributed by atoms with van der Waals surface area (Å²) >= 11 is 0. The summed E-state index contributed by atoms with van der Waals surface area (Å²) in [4.78, 5) is 2.72. The fourth-order valence-corrected chi connectivity index (χ4v) is 2.39. The van der Waals surface area contributed by atoms with E-state index in [9.17, 15) is 0 Å². The molecule has 1 aliphatic heterocycles. The van der Waals surface area contributed by atoms with Crippen molar-refractivity contribution in [1.82, 2.24) is 4.90 Å². The average molecular weight is 183 g/mol. The smallest absolute Gasteiger partial charge is 0.00951 e. The zero-order chi connectivity index (χ0) is 9.52. The van der Waals surface area contributed by atoms with Crippen molar-refractivity contribution >= 4 is 0 Å². The lowest BCUT2D eigenvalue weighted by atomic mass is 10.0. The molecule has 13 heavy (non-hydrogen) atoms. The van der Waals surface area contributed by atoms with E-state index in [1.54, 1.807) is 0 Å². The second-order valence-corrected chi connectivity index (χ2v) is 4.33. The molecular formula is C12H25N. The van der Waals surface area contributed by atoms with Crippen LogP contribution in [0, 0.1) is 0 Å². The van der Waals surface area contributed by atoms with Crippen molar-refractivity contribution in [2.75, 3.05) is 13.1 Å². The van der Waals surface area contributed by atoms with Crippen molar-refractivity contribution in [1.29, 1.82) is 0 Å². The molecule has 1 saturated heterocycles. The summed E-state index contributed by atoms with van der Waals surface area (Å²) in [6.45, 7) is 7.35. The highest BCUT2D eigenvalue weighted by atomic mass is 15.2. The fraction of sp³-hybridized carbons (Fsp3) is 1.00. The quantitative estimate of drug-likeness (QED) is 0.609. The lowest BCUT2D eigenvalue weighted by molar-refractivity contribution is 0.214. The molecule has 0 saturated carbocycles. The summed E-state index contributed by atoms with van der Waals surface area (Å²) in [6, 6.07) is 0.910. The highest BCUT2D eigenvalue weighted by Gasteiger charge is 2.20. The van der Waals surface area contributed by atoms with Gasteiger partial charge in [0, 0.05) is 6.04 Å². The number of likely N-dealkylation sites (tertiary alicyclic amines) is 1. The van der Waals surface area contributed by atoms with Crippen LogP contribution >= 0.6 is 0 Å². The SMILES string of the molecule is CCCCC(CCC)N1CCCC1. The summed E-state index contributed by atoms with van der Waals surface area (Å²) in [6.07, 6.45) is 9.85. The lowest BCUT2D eigenvalue weighted by Gasteiger charge is -2.27. The van der Waals surface area contributed by atoms with Gasteiger partial charge in [0.25, 0.3) is 0 Å². The average Bonchev–Trinajstić information content (AvgIpc) is 2.65. The lowest BCUT2D eigenvalue weighted by Crippen LogP contribution is -2.32. The van der Waals surface area contributed by atoms with Gasteiger partial charge in [0.1, 0.15) is 0 Å². The first-order valence-corrected chi connectivity index (χ1v) is 6.12. The van der Waals surface area contributed by atoms with Gasteiger partial charge in [0.2, 0.25) is 0 Å². The van der Waals surface area contributed by atoms with Gasteiger partial charge in [-0.25, -0.2) is 0 Å². The van der Waals surface area contributed by atoms with E-state index in [1.807, 2.05) is 0 Å². The first-order chi connectivity index (χ1) is 6.38. The molecule has 1 unspecified atom stereocenters. The molecule has 1 atom stereocenters. The maximum atomic E-state index is 2.72. The number of hydrogen-bond donors (Lipinski definition) is 0. The van der Waals surface area contributed by atoms with Gasteiger partial charge < -0.3 is 4.90 Å². The Morgan fingerprint density at radius 3 is 2.23 bits per heavy atom. The molecule has 1 aliphatic rings. The molecule has 1 heteroatoms. The van der Waals surface area contributed by atoms with E-state index < -0.39 is 0 Å². The molecule has 0 bridgehead atoms. The van der Waals surface area contributed by atoms with Crippen LogP contribution in [0.3, 0.4) is 0 Å². The van der Waals surface area contributed by atoms with E-state index in [2.05, 4.69) is 18.7 Å².